The predicted molar refractivity (Wildman–Crippen MR) is 87.0 cm³/mol. The number of carboxylic acid groups (broad SMARTS) is 1. The number of carbonyl (C=O) groups is 2. The molecule has 6 heteroatoms. The molecule has 1 heterocycles. The van der Waals surface area contributed by atoms with Crippen LogP contribution in [-0.4, -0.2) is 29.1 Å². The Kier molecular flexibility index (Phi) is 6.84. The van der Waals surface area contributed by atoms with E-state index in [1.807, 2.05) is 38.1 Å². The van der Waals surface area contributed by atoms with Gasteiger partial charge in [0.05, 0.1) is 6.04 Å². The molecule has 1 unspecified atom stereocenters. The molecular formula is C16H23ClN2O3. The van der Waals surface area contributed by atoms with Crippen molar-refractivity contribution in [1.29, 1.82) is 0 Å². The molecule has 122 valence electrons. The molecule has 0 bridgehead atoms. The zero-order valence-corrected chi connectivity index (χ0v) is 13.7. The van der Waals surface area contributed by atoms with E-state index in [2.05, 4.69) is 10.6 Å². The maximum atomic E-state index is 12.3. The molecule has 1 aliphatic rings. The van der Waals surface area contributed by atoms with Gasteiger partial charge in [-0.2, -0.15) is 0 Å². The molecule has 3 N–H and O–H groups in total. The average molecular weight is 327 g/mol. The van der Waals surface area contributed by atoms with Crippen LogP contribution in [0.1, 0.15) is 31.4 Å². The molecule has 0 saturated carbocycles. The molecule has 0 fully saturated rings. The zero-order valence-electron chi connectivity index (χ0n) is 12.8. The highest BCUT2D eigenvalue weighted by Gasteiger charge is 2.30. The Hall–Kier alpha value is -1.59. The van der Waals surface area contributed by atoms with Crippen LogP contribution in [0.25, 0.3) is 0 Å². The van der Waals surface area contributed by atoms with Crippen molar-refractivity contribution >= 4 is 24.3 Å². The fourth-order valence-electron chi connectivity index (χ4n) is 2.58. The summed E-state index contributed by atoms with van der Waals surface area (Å²) in [6.45, 7) is 4.39. The molecular weight excluding hydrogens is 304 g/mol. The first-order valence-corrected chi connectivity index (χ1v) is 7.36. The molecule has 3 atom stereocenters. The van der Waals surface area contributed by atoms with Gasteiger partial charge in [0.2, 0.25) is 5.91 Å². The number of carbonyl (C=O) groups excluding carboxylic acids is 1. The maximum absolute atomic E-state index is 12.3. The minimum Gasteiger partial charge on any atom is -0.480 e. The van der Waals surface area contributed by atoms with E-state index in [0.717, 1.165) is 5.56 Å². The molecule has 0 radical (unpaired) electrons. The van der Waals surface area contributed by atoms with Crippen LogP contribution in [0.4, 0.5) is 0 Å². The Morgan fingerprint density at radius 1 is 1.36 bits per heavy atom. The second kappa shape index (κ2) is 8.15. The third-order valence-corrected chi connectivity index (χ3v) is 4.17. The van der Waals surface area contributed by atoms with Crippen LogP contribution in [0, 0.1) is 5.92 Å². The van der Waals surface area contributed by atoms with Gasteiger partial charge in [-0.1, -0.05) is 44.5 Å². The second-order valence-electron chi connectivity index (χ2n) is 5.62. The Bertz CT molecular complexity index is 536. The van der Waals surface area contributed by atoms with Crippen molar-refractivity contribution in [2.45, 2.75) is 45.3 Å². The second-order valence-corrected chi connectivity index (χ2v) is 5.62. The molecule has 0 aliphatic carbocycles. The molecule has 2 rings (SSSR count). The highest BCUT2D eigenvalue weighted by Crippen LogP contribution is 2.17. The van der Waals surface area contributed by atoms with Gasteiger partial charge >= 0.3 is 5.97 Å². The number of benzene rings is 1. The Labute approximate surface area is 136 Å². The Balaban J connectivity index is 0.00000242. The van der Waals surface area contributed by atoms with Crippen LogP contribution in [0.2, 0.25) is 0 Å². The molecule has 1 aromatic carbocycles. The third-order valence-electron chi connectivity index (χ3n) is 4.17. The SMILES string of the molecule is CCC(C)[C@H](NC(=O)[C@@H]1Cc2ccccc2CN1)C(=O)O.Cl. The van der Waals surface area contributed by atoms with E-state index in [-0.39, 0.29) is 30.3 Å². The number of amides is 1. The molecule has 1 amide bonds. The van der Waals surface area contributed by atoms with Crippen molar-refractivity contribution in [3.63, 3.8) is 0 Å². The molecule has 1 aliphatic heterocycles. The van der Waals surface area contributed by atoms with Gasteiger partial charge in [-0.15, -0.1) is 12.4 Å². The monoisotopic (exact) mass is 326 g/mol. The number of nitrogens with one attached hydrogen (secondary N) is 2. The van der Waals surface area contributed by atoms with Gasteiger partial charge in [-0.25, -0.2) is 4.79 Å². The van der Waals surface area contributed by atoms with Crippen LogP contribution in [-0.2, 0) is 22.6 Å². The van der Waals surface area contributed by atoms with Crippen LogP contribution in [0.15, 0.2) is 24.3 Å². The predicted octanol–water partition coefficient (Wildman–Crippen LogP) is 1.74. The lowest BCUT2D eigenvalue weighted by atomic mass is 9.94. The van der Waals surface area contributed by atoms with Crippen molar-refractivity contribution in [2.75, 3.05) is 0 Å². The number of fused-ring (bicyclic) bond motifs is 1. The lowest BCUT2D eigenvalue weighted by molar-refractivity contribution is -0.143. The lowest BCUT2D eigenvalue weighted by Gasteiger charge is -2.28. The highest BCUT2D eigenvalue weighted by molar-refractivity contribution is 5.87. The van der Waals surface area contributed by atoms with Gasteiger partial charge in [-0.3, -0.25) is 4.79 Å². The van der Waals surface area contributed by atoms with Crippen molar-refractivity contribution in [1.82, 2.24) is 10.6 Å². The van der Waals surface area contributed by atoms with Crippen LogP contribution in [0.3, 0.4) is 0 Å². The summed E-state index contributed by atoms with van der Waals surface area (Å²) < 4.78 is 0. The lowest BCUT2D eigenvalue weighted by Crippen LogP contribution is -2.54. The number of hydrogen-bond acceptors (Lipinski definition) is 3. The largest absolute Gasteiger partial charge is 0.480 e. The molecule has 0 spiro atoms. The third kappa shape index (κ3) is 4.21. The summed E-state index contributed by atoms with van der Waals surface area (Å²) in [4.78, 5) is 23.6. The molecule has 1 aromatic rings. The normalized spacial score (nSPS) is 19.3. The number of carboxylic acids is 1. The molecule has 22 heavy (non-hydrogen) atoms. The minimum absolute atomic E-state index is 0. The van der Waals surface area contributed by atoms with Crippen LogP contribution >= 0.6 is 12.4 Å². The fourth-order valence-corrected chi connectivity index (χ4v) is 2.58. The number of hydrogen-bond donors (Lipinski definition) is 3. The fraction of sp³-hybridized carbons (Fsp3) is 0.500. The highest BCUT2D eigenvalue weighted by atomic mass is 35.5. The molecule has 5 nitrogen and oxygen atoms in total. The van der Waals surface area contributed by atoms with Gasteiger partial charge in [0, 0.05) is 6.54 Å². The first-order valence-electron chi connectivity index (χ1n) is 7.36. The van der Waals surface area contributed by atoms with E-state index in [1.54, 1.807) is 0 Å². The number of aliphatic carboxylic acids is 1. The van der Waals surface area contributed by atoms with E-state index in [4.69, 9.17) is 0 Å². The van der Waals surface area contributed by atoms with E-state index in [1.165, 1.54) is 5.56 Å². The minimum atomic E-state index is -0.978. The Morgan fingerprint density at radius 2 is 2.00 bits per heavy atom. The van der Waals surface area contributed by atoms with Gasteiger partial charge in [0.15, 0.2) is 0 Å². The first kappa shape index (κ1) is 18.5. The zero-order chi connectivity index (χ0) is 15.4. The van der Waals surface area contributed by atoms with Gasteiger partial charge in [0.1, 0.15) is 6.04 Å². The average Bonchev–Trinajstić information content (AvgIpc) is 2.50. The summed E-state index contributed by atoms with van der Waals surface area (Å²) in [5.41, 5.74) is 2.34. The van der Waals surface area contributed by atoms with E-state index in [9.17, 15) is 14.7 Å². The summed E-state index contributed by atoms with van der Waals surface area (Å²) >= 11 is 0. The molecule has 0 saturated heterocycles. The quantitative estimate of drug-likeness (QED) is 0.770. The van der Waals surface area contributed by atoms with Gasteiger partial charge < -0.3 is 15.7 Å². The number of rotatable bonds is 5. The van der Waals surface area contributed by atoms with Crippen molar-refractivity contribution in [2.24, 2.45) is 5.92 Å². The van der Waals surface area contributed by atoms with Crippen LogP contribution < -0.4 is 10.6 Å². The summed E-state index contributed by atoms with van der Waals surface area (Å²) in [5, 5.41) is 15.1. The summed E-state index contributed by atoms with van der Waals surface area (Å²) in [5.74, 6) is -1.31. The smallest absolute Gasteiger partial charge is 0.326 e. The van der Waals surface area contributed by atoms with Crippen molar-refractivity contribution in [3.05, 3.63) is 35.4 Å². The summed E-state index contributed by atoms with van der Waals surface area (Å²) in [7, 11) is 0. The molecule has 0 aromatic heterocycles. The number of halogens is 1. The van der Waals surface area contributed by atoms with Crippen LogP contribution in [0.5, 0.6) is 0 Å². The standard InChI is InChI=1S/C16H22N2O3.ClH/c1-3-10(2)14(16(20)21)18-15(19)13-8-11-6-4-5-7-12(11)9-17-13;/h4-7,10,13-14,17H,3,8-9H2,1-2H3,(H,18,19)(H,20,21);1H/t10?,13-,14-;/m0./s1. The summed E-state index contributed by atoms with van der Waals surface area (Å²) in [6, 6.07) is 6.78. The topological polar surface area (TPSA) is 78.4 Å². The summed E-state index contributed by atoms with van der Waals surface area (Å²) in [6.07, 6.45) is 1.30. The van der Waals surface area contributed by atoms with Gasteiger partial charge in [0.25, 0.3) is 0 Å². The van der Waals surface area contributed by atoms with Gasteiger partial charge in [-0.05, 0) is 23.5 Å². The van der Waals surface area contributed by atoms with E-state index >= 15 is 0 Å². The Morgan fingerprint density at radius 3 is 2.59 bits per heavy atom. The van der Waals surface area contributed by atoms with Crippen molar-refractivity contribution in [3.8, 4) is 0 Å². The van der Waals surface area contributed by atoms with E-state index < -0.39 is 12.0 Å². The van der Waals surface area contributed by atoms with Crippen molar-refractivity contribution < 1.29 is 14.7 Å². The first-order chi connectivity index (χ1) is 10.0. The maximum Gasteiger partial charge on any atom is 0.326 e. The van der Waals surface area contributed by atoms with E-state index in [0.29, 0.717) is 19.4 Å².